The molecule has 0 saturated heterocycles. The third kappa shape index (κ3) is 3.42. The summed E-state index contributed by atoms with van der Waals surface area (Å²) in [4.78, 5) is 11.9. The summed E-state index contributed by atoms with van der Waals surface area (Å²) in [5.41, 5.74) is 1.68. The molecule has 0 unspecified atom stereocenters. The maximum absolute atomic E-state index is 11.9. The van der Waals surface area contributed by atoms with E-state index in [-0.39, 0.29) is 5.56 Å². The summed E-state index contributed by atoms with van der Waals surface area (Å²) in [5.74, 6) is 0.353. The van der Waals surface area contributed by atoms with Crippen LogP contribution >= 0.6 is 0 Å². The minimum absolute atomic E-state index is 0.133. The molecular weight excluding hydrogens is 202 g/mol. The zero-order chi connectivity index (χ0) is 12.1. The predicted molar refractivity (Wildman–Crippen MR) is 65.8 cm³/mol. The van der Waals surface area contributed by atoms with E-state index >= 15 is 0 Å². The molecule has 1 rings (SSSR count). The first-order valence-corrected chi connectivity index (χ1v) is 5.11. The van der Waals surface area contributed by atoms with Crippen molar-refractivity contribution in [3.8, 4) is 5.75 Å². The van der Waals surface area contributed by atoms with Crippen molar-refractivity contribution in [3.05, 3.63) is 53.0 Å². The number of hydrogen-bond acceptors (Lipinski definition) is 2. The normalized spacial score (nSPS) is 9.88. The van der Waals surface area contributed by atoms with Gasteiger partial charge in [0.1, 0.15) is 6.61 Å². The summed E-state index contributed by atoms with van der Waals surface area (Å²) < 4.78 is 6.94. The number of rotatable bonds is 5. The lowest BCUT2D eigenvalue weighted by molar-refractivity contribution is 0.344. The molecule has 0 spiro atoms. The second-order valence-electron chi connectivity index (χ2n) is 4.01. The smallest absolute Gasteiger partial charge is 0.293 e. The highest BCUT2D eigenvalue weighted by atomic mass is 16.5. The molecule has 1 aromatic heterocycles. The Morgan fingerprint density at radius 2 is 2.06 bits per heavy atom. The lowest BCUT2D eigenvalue weighted by Crippen LogP contribution is -2.21. The predicted octanol–water partition coefficient (Wildman–Crippen LogP) is 2.38. The van der Waals surface area contributed by atoms with Gasteiger partial charge in [-0.25, -0.2) is 0 Å². The molecule has 0 aromatic carbocycles. The van der Waals surface area contributed by atoms with Crippen LogP contribution in [0.15, 0.2) is 47.4 Å². The standard InChI is InChI=1S/C13H17NO2/c1-10(2)8-14-7-5-6-12(13(14)15)16-9-11(3)4/h5-7H,1,3,8-9H2,2,4H3. The molecule has 1 aromatic rings. The first-order valence-electron chi connectivity index (χ1n) is 5.11. The summed E-state index contributed by atoms with van der Waals surface area (Å²) in [6.07, 6.45) is 1.73. The molecule has 0 aliphatic carbocycles. The van der Waals surface area contributed by atoms with Crippen molar-refractivity contribution in [2.24, 2.45) is 0 Å². The largest absolute Gasteiger partial charge is 0.484 e. The molecule has 0 fully saturated rings. The third-order valence-corrected chi connectivity index (χ3v) is 1.90. The number of allylic oxidation sites excluding steroid dienone is 1. The topological polar surface area (TPSA) is 31.2 Å². The van der Waals surface area contributed by atoms with Crippen LogP contribution in [0.1, 0.15) is 13.8 Å². The third-order valence-electron chi connectivity index (χ3n) is 1.90. The fraction of sp³-hybridized carbons (Fsp3) is 0.308. The summed E-state index contributed by atoms with van der Waals surface area (Å²) in [6, 6.07) is 3.46. The quantitative estimate of drug-likeness (QED) is 0.712. The monoisotopic (exact) mass is 219 g/mol. The summed E-state index contributed by atoms with van der Waals surface area (Å²) >= 11 is 0. The molecular formula is C13H17NO2. The number of hydrogen-bond donors (Lipinski definition) is 0. The average Bonchev–Trinajstić information content (AvgIpc) is 2.18. The molecule has 0 saturated carbocycles. The van der Waals surface area contributed by atoms with Crippen molar-refractivity contribution in [2.75, 3.05) is 6.61 Å². The molecule has 0 N–H and O–H groups in total. The van der Waals surface area contributed by atoms with Gasteiger partial charge in [-0.1, -0.05) is 18.7 Å². The zero-order valence-corrected chi connectivity index (χ0v) is 9.82. The highest BCUT2D eigenvalue weighted by Gasteiger charge is 2.03. The molecule has 3 nitrogen and oxygen atoms in total. The molecule has 16 heavy (non-hydrogen) atoms. The van der Waals surface area contributed by atoms with Crippen molar-refractivity contribution in [1.29, 1.82) is 0 Å². The number of nitrogens with zero attached hydrogens (tertiary/aromatic N) is 1. The van der Waals surface area contributed by atoms with E-state index in [0.717, 1.165) is 11.1 Å². The fourth-order valence-corrected chi connectivity index (χ4v) is 1.24. The van der Waals surface area contributed by atoms with Crippen molar-refractivity contribution >= 4 is 0 Å². The van der Waals surface area contributed by atoms with Crippen LogP contribution in [-0.4, -0.2) is 11.2 Å². The van der Waals surface area contributed by atoms with Crippen LogP contribution in [0.25, 0.3) is 0 Å². The van der Waals surface area contributed by atoms with Crippen LogP contribution < -0.4 is 10.3 Å². The Balaban J connectivity index is 2.90. The average molecular weight is 219 g/mol. The molecule has 86 valence electrons. The van der Waals surface area contributed by atoms with Crippen LogP contribution in [-0.2, 0) is 6.54 Å². The van der Waals surface area contributed by atoms with Crippen LogP contribution in [0.3, 0.4) is 0 Å². The van der Waals surface area contributed by atoms with Gasteiger partial charge in [-0.05, 0) is 31.6 Å². The summed E-state index contributed by atoms with van der Waals surface area (Å²) in [5, 5.41) is 0. The van der Waals surface area contributed by atoms with E-state index in [1.165, 1.54) is 0 Å². The van der Waals surface area contributed by atoms with Gasteiger partial charge in [0.05, 0.1) is 0 Å². The van der Waals surface area contributed by atoms with Crippen molar-refractivity contribution < 1.29 is 4.74 Å². The van der Waals surface area contributed by atoms with Crippen LogP contribution in [0.2, 0.25) is 0 Å². The molecule has 0 radical (unpaired) electrons. The van der Waals surface area contributed by atoms with Crippen LogP contribution in [0, 0.1) is 0 Å². The van der Waals surface area contributed by atoms with Gasteiger partial charge in [-0.2, -0.15) is 0 Å². The number of pyridine rings is 1. The Morgan fingerprint density at radius 1 is 1.38 bits per heavy atom. The second kappa shape index (κ2) is 5.35. The first kappa shape index (κ1) is 12.3. The van der Waals surface area contributed by atoms with Gasteiger partial charge < -0.3 is 9.30 Å². The Labute approximate surface area is 95.7 Å². The first-order chi connectivity index (χ1) is 7.50. The number of ether oxygens (including phenoxy) is 1. The van der Waals surface area contributed by atoms with Gasteiger partial charge in [-0.15, -0.1) is 0 Å². The van der Waals surface area contributed by atoms with Gasteiger partial charge >= 0.3 is 0 Å². The van der Waals surface area contributed by atoms with Gasteiger partial charge in [0, 0.05) is 12.7 Å². The van der Waals surface area contributed by atoms with Gasteiger partial charge in [0.2, 0.25) is 0 Å². The van der Waals surface area contributed by atoms with E-state index < -0.39 is 0 Å². The SMILES string of the molecule is C=C(C)COc1cccn(CC(=C)C)c1=O. The highest BCUT2D eigenvalue weighted by molar-refractivity contribution is 5.18. The second-order valence-corrected chi connectivity index (χ2v) is 4.01. The Hall–Kier alpha value is -1.77. The van der Waals surface area contributed by atoms with E-state index in [9.17, 15) is 4.79 Å². The van der Waals surface area contributed by atoms with E-state index in [1.807, 2.05) is 13.8 Å². The summed E-state index contributed by atoms with van der Waals surface area (Å²) in [6.45, 7) is 12.1. The molecule has 0 aliphatic rings. The van der Waals surface area contributed by atoms with Gasteiger partial charge in [-0.3, -0.25) is 4.79 Å². The highest BCUT2D eigenvalue weighted by Crippen LogP contribution is 2.04. The molecule has 0 aliphatic heterocycles. The van der Waals surface area contributed by atoms with E-state index in [4.69, 9.17) is 4.74 Å². The lowest BCUT2D eigenvalue weighted by Gasteiger charge is -2.09. The van der Waals surface area contributed by atoms with Crippen molar-refractivity contribution in [1.82, 2.24) is 4.57 Å². The van der Waals surface area contributed by atoms with Crippen molar-refractivity contribution in [2.45, 2.75) is 20.4 Å². The molecule has 0 bridgehead atoms. The van der Waals surface area contributed by atoms with Gasteiger partial charge in [0.15, 0.2) is 5.75 Å². The van der Waals surface area contributed by atoms with Crippen LogP contribution in [0.5, 0.6) is 5.75 Å². The molecule has 3 heteroatoms. The minimum atomic E-state index is -0.133. The molecule has 0 amide bonds. The molecule has 1 heterocycles. The van der Waals surface area contributed by atoms with Crippen molar-refractivity contribution in [3.63, 3.8) is 0 Å². The lowest BCUT2D eigenvalue weighted by atomic mass is 10.3. The number of aromatic nitrogens is 1. The molecule has 0 atom stereocenters. The van der Waals surface area contributed by atoms with Crippen LogP contribution in [0.4, 0.5) is 0 Å². The Kier molecular flexibility index (Phi) is 4.11. The van der Waals surface area contributed by atoms with E-state index in [0.29, 0.717) is 18.9 Å². The maximum Gasteiger partial charge on any atom is 0.293 e. The zero-order valence-electron chi connectivity index (χ0n) is 9.82. The van der Waals surface area contributed by atoms with E-state index in [1.54, 1.807) is 22.9 Å². The maximum atomic E-state index is 11.9. The Bertz CT molecular complexity index is 457. The Morgan fingerprint density at radius 3 is 2.62 bits per heavy atom. The fourth-order valence-electron chi connectivity index (χ4n) is 1.24. The summed E-state index contributed by atoms with van der Waals surface area (Å²) in [7, 11) is 0. The van der Waals surface area contributed by atoms with E-state index in [2.05, 4.69) is 13.2 Å². The van der Waals surface area contributed by atoms with Gasteiger partial charge in [0.25, 0.3) is 5.56 Å². The minimum Gasteiger partial charge on any atom is -0.484 e.